The number of nitrogens with one attached hydrogen (secondary N) is 1. The number of para-hydroxylation sites is 2. The van der Waals surface area contributed by atoms with Crippen molar-refractivity contribution in [3.63, 3.8) is 0 Å². The number of alkyl halides is 2. The number of hydrazone groups is 1. The summed E-state index contributed by atoms with van der Waals surface area (Å²) in [6.07, 6.45) is 1.19. The molecule has 1 heterocycles. The fraction of sp³-hybridized carbons (Fsp3) is 0.158. The summed E-state index contributed by atoms with van der Waals surface area (Å²) in [5, 5.41) is 4.63. The van der Waals surface area contributed by atoms with Crippen LogP contribution in [-0.4, -0.2) is 25.8 Å². The summed E-state index contributed by atoms with van der Waals surface area (Å²) in [4.78, 5) is 12.3. The van der Waals surface area contributed by atoms with E-state index in [1.807, 2.05) is 12.1 Å². The first kappa shape index (κ1) is 18.4. The molecule has 0 saturated heterocycles. The van der Waals surface area contributed by atoms with Gasteiger partial charge in [0.05, 0.1) is 13.3 Å². The summed E-state index contributed by atoms with van der Waals surface area (Å²) in [7, 11) is 1.33. The third kappa shape index (κ3) is 3.89. The fourth-order valence-corrected chi connectivity index (χ4v) is 2.61. The molecular formula is C19H16F2N2O4. The Morgan fingerprint density at radius 1 is 1.22 bits per heavy atom. The van der Waals surface area contributed by atoms with Crippen LogP contribution in [0.3, 0.4) is 0 Å². The van der Waals surface area contributed by atoms with Gasteiger partial charge in [-0.1, -0.05) is 24.3 Å². The van der Waals surface area contributed by atoms with Crippen molar-refractivity contribution in [2.45, 2.75) is 13.5 Å². The molecule has 1 amide bonds. The molecule has 27 heavy (non-hydrogen) atoms. The summed E-state index contributed by atoms with van der Waals surface area (Å²) >= 11 is 0. The molecule has 3 aromatic rings. The van der Waals surface area contributed by atoms with Crippen molar-refractivity contribution in [1.29, 1.82) is 0 Å². The van der Waals surface area contributed by atoms with E-state index in [-0.39, 0.29) is 22.8 Å². The molecule has 0 aliphatic rings. The van der Waals surface area contributed by atoms with Crippen molar-refractivity contribution in [2.24, 2.45) is 5.10 Å². The van der Waals surface area contributed by atoms with Gasteiger partial charge in [0.15, 0.2) is 17.3 Å². The van der Waals surface area contributed by atoms with Crippen LogP contribution in [-0.2, 0) is 0 Å². The Hall–Kier alpha value is -3.42. The van der Waals surface area contributed by atoms with E-state index < -0.39 is 12.5 Å². The lowest BCUT2D eigenvalue weighted by molar-refractivity contribution is -0.0513. The van der Waals surface area contributed by atoms with Crippen LogP contribution in [0.2, 0.25) is 0 Å². The van der Waals surface area contributed by atoms with Gasteiger partial charge in [-0.2, -0.15) is 13.9 Å². The molecule has 0 bridgehead atoms. The number of amides is 1. The lowest BCUT2D eigenvalue weighted by Crippen LogP contribution is -2.18. The van der Waals surface area contributed by atoms with Crippen LogP contribution in [0.5, 0.6) is 11.5 Å². The molecule has 0 atom stereocenters. The normalized spacial score (nSPS) is 11.3. The average Bonchev–Trinajstić information content (AvgIpc) is 2.99. The Kier molecular flexibility index (Phi) is 5.35. The Bertz CT molecular complexity index is 999. The minimum absolute atomic E-state index is 0.124. The van der Waals surface area contributed by atoms with Crippen LogP contribution >= 0.6 is 0 Å². The molecule has 6 nitrogen and oxygen atoms in total. The highest BCUT2D eigenvalue weighted by Crippen LogP contribution is 2.31. The van der Waals surface area contributed by atoms with E-state index in [1.165, 1.54) is 25.5 Å². The molecule has 2 aromatic carbocycles. The molecule has 0 aliphatic heterocycles. The summed E-state index contributed by atoms with van der Waals surface area (Å²) in [6.45, 7) is -1.26. The van der Waals surface area contributed by atoms with Crippen molar-refractivity contribution in [3.05, 3.63) is 59.4 Å². The number of ether oxygens (including phenoxy) is 2. The largest absolute Gasteiger partial charge is 0.493 e. The van der Waals surface area contributed by atoms with E-state index in [0.29, 0.717) is 11.1 Å². The van der Waals surface area contributed by atoms with Gasteiger partial charge in [-0.3, -0.25) is 4.79 Å². The summed E-state index contributed by atoms with van der Waals surface area (Å²) < 4.78 is 40.3. The third-order valence-electron chi connectivity index (χ3n) is 3.86. The molecule has 3 rings (SSSR count). The summed E-state index contributed by atoms with van der Waals surface area (Å²) in [5.41, 5.74) is 3.81. The van der Waals surface area contributed by atoms with Crippen molar-refractivity contribution in [3.8, 4) is 11.5 Å². The van der Waals surface area contributed by atoms with Crippen molar-refractivity contribution >= 4 is 23.1 Å². The number of furan rings is 1. The number of benzene rings is 2. The van der Waals surface area contributed by atoms with Crippen LogP contribution in [0, 0.1) is 6.92 Å². The molecule has 8 heteroatoms. The van der Waals surface area contributed by atoms with E-state index in [2.05, 4.69) is 15.3 Å². The number of carbonyl (C=O) groups excluding carboxylic acids is 1. The number of hydrogen-bond acceptors (Lipinski definition) is 5. The quantitative estimate of drug-likeness (QED) is 0.520. The van der Waals surface area contributed by atoms with Crippen LogP contribution < -0.4 is 14.9 Å². The highest BCUT2D eigenvalue weighted by molar-refractivity contribution is 5.99. The van der Waals surface area contributed by atoms with Gasteiger partial charge in [0.1, 0.15) is 5.58 Å². The number of methoxy groups -OCH3 is 1. The van der Waals surface area contributed by atoms with Crippen LogP contribution in [0.15, 0.2) is 52.0 Å². The van der Waals surface area contributed by atoms with Gasteiger partial charge >= 0.3 is 12.5 Å². The zero-order valence-corrected chi connectivity index (χ0v) is 14.5. The van der Waals surface area contributed by atoms with Crippen LogP contribution in [0.4, 0.5) is 8.78 Å². The number of aryl methyl sites for hydroxylation is 1. The van der Waals surface area contributed by atoms with E-state index in [9.17, 15) is 13.6 Å². The average molecular weight is 374 g/mol. The maximum absolute atomic E-state index is 12.6. The second kappa shape index (κ2) is 7.86. The first-order valence-corrected chi connectivity index (χ1v) is 7.94. The Labute approximate surface area is 153 Å². The van der Waals surface area contributed by atoms with Gasteiger partial charge in [-0.25, -0.2) is 5.43 Å². The van der Waals surface area contributed by atoms with E-state index in [0.717, 1.165) is 5.39 Å². The zero-order valence-electron chi connectivity index (χ0n) is 14.5. The molecule has 1 N–H and O–H groups in total. The van der Waals surface area contributed by atoms with E-state index in [4.69, 9.17) is 9.15 Å². The Morgan fingerprint density at radius 3 is 2.70 bits per heavy atom. The molecule has 1 aromatic heterocycles. The molecule has 0 spiro atoms. The van der Waals surface area contributed by atoms with Crippen molar-refractivity contribution in [1.82, 2.24) is 5.43 Å². The van der Waals surface area contributed by atoms with Crippen LogP contribution in [0.1, 0.15) is 21.7 Å². The van der Waals surface area contributed by atoms with E-state index >= 15 is 0 Å². The Balaban J connectivity index is 1.81. The summed E-state index contributed by atoms with van der Waals surface area (Å²) in [6, 6.07) is 11.8. The van der Waals surface area contributed by atoms with Crippen molar-refractivity contribution in [2.75, 3.05) is 7.11 Å². The lowest BCUT2D eigenvalue weighted by atomic mass is 10.1. The molecule has 0 radical (unpaired) electrons. The molecular weight excluding hydrogens is 358 g/mol. The second-order valence-corrected chi connectivity index (χ2v) is 5.51. The number of carbonyl (C=O) groups is 1. The third-order valence-corrected chi connectivity index (χ3v) is 3.86. The summed E-state index contributed by atoms with van der Waals surface area (Å²) in [5.74, 6) is -0.478. The van der Waals surface area contributed by atoms with Crippen LogP contribution in [0.25, 0.3) is 11.0 Å². The Morgan fingerprint density at radius 2 is 2.00 bits per heavy atom. The zero-order chi connectivity index (χ0) is 19.4. The maximum atomic E-state index is 12.6. The fourth-order valence-electron chi connectivity index (χ4n) is 2.61. The number of fused-ring (bicyclic) bond motifs is 1. The predicted molar refractivity (Wildman–Crippen MR) is 95.6 cm³/mol. The van der Waals surface area contributed by atoms with Gasteiger partial charge in [0.2, 0.25) is 0 Å². The molecule has 140 valence electrons. The minimum atomic E-state index is -3.03. The standard InChI is InChI=1S/C19H16F2N2O4/c1-11-13-7-3-4-8-14(13)26-16(11)18(24)23-22-10-12-6-5-9-15(25-2)17(12)27-19(20)21/h3-10,19H,1-2H3,(H,23,24)/b22-10-. The second-order valence-electron chi connectivity index (χ2n) is 5.51. The SMILES string of the molecule is COc1cccc(/C=N\NC(=O)c2oc3ccccc3c2C)c1OC(F)F. The predicted octanol–water partition coefficient (Wildman–Crippen LogP) is 4.12. The van der Waals surface area contributed by atoms with Gasteiger partial charge in [-0.05, 0) is 25.1 Å². The monoisotopic (exact) mass is 374 g/mol. The number of nitrogens with zero attached hydrogens (tertiary/aromatic N) is 1. The highest BCUT2D eigenvalue weighted by atomic mass is 19.3. The van der Waals surface area contributed by atoms with Gasteiger partial charge in [0.25, 0.3) is 0 Å². The molecule has 0 saturated carbocycles. The molecule has 0 aliphatic carbocycles. The number of hydrogen-bond donors (Lipinski definition) is 1. The molecule has 0 fully saturated rings. The molecule has 0 unspecified atom stereocenters. The van der Waals surface area contributed by atoms with Gasteiger partial charge in [0, 0.05) is 16.5 Å². The number of rotatable bonds is 6. The number of halogens is 2. The maximum Gasteiger partial charge on any atom is 0.387 e. The highest BCUT2D eigenvalue weighted by Gasteiger charge is 2.17. The first-order chi connectivity index (χ1) is 13.0. The first-order valence-electron chi connectivity index (χ1n) is 7.94. The van der Waals surface area contributed by atoms with Gasteiger partial charge in [-0.15, -0.1) is 0 Å². The van der Waals surface area contributed by atoms with E-state index in [1.54, 1.807) is 25.1 Å². The van der Waals surface area contributed by atoms with Crippen molar-refractivity contribution < 1.29 is 27.5 Å². The topological polar surface area (TPSA) is 73.1 Å². The smallest absolute Gasteiger partial charge is 0.387 e. The minimum Gasteiger partial charge on any atom is -0.493 e. The van der Waals surface area contributed by atoms with Gasteiger partial charge < -0.3 is 13.9 Å². The lowest BCUT2D eigenvalue weighted by Gasteiger charge is -2.11.